The summed E-state index contributed by atoms with van der Waals surface area (Å²) in [5.41, 5.74) is 1.18. The zero-order valence-corrected chi connectivity index (χ0v) is 15.0. The predicted octanol–water partition coefficient (Wildman–Crippen LogP) is 1.71. The Bertz CT molecular complexity index is 957. The molecule has 3 N–H and O–H groups in total. The third-order valence-corrected chi connectivity index (χ3v) is 5.13. The average molecular weight is 363 g/mol. The van der Waals surface area contributed by atoms with Crippen molar-refractivity contribution in [3.8, 4) is 0 Å². The molecule has 132 valence electrons. The number of aromatic amines is 2. The average Bonchev–Trinajstić information content (AvgIpc) is 2.47. The van der Waals surface area contributed by atoms with Gasteiger partial charge in [-0.3, -0.25) is 14.4 Å². The van der Waals surface area contributed by atoms with E-state index in [0.717, 1.165) is 5.69 Å². The summed E-state index contributed by atoms with van der Waals surface area (Å²) in [6.45, 7) is 5.08. The van der Waals surface area contributed by atoms with Crippen molar-refractivity contribution in [3.05, 3.63) is 60.1 Å². The minimum absolute atomic E-state index is 0.0455. The highest BCUT2D eigenvalue weighted by Gasteiger charge is 2.33. The number of aryl methyl sites for hydroxylation is 2. The first-order valence-electron chi connectivity index (χ1n) is 8.04. The van der Waals surface area contributed by atoms with Crippen LogP contribution in [0.1, 0.15) is 51.9 Å². The fourth-order valence-electron chi connectivity index (χ4n) is 3.17. The Kier molecular flexibility index (Phi) is 4.51. The van der Waals surface area contributed by atoms with Gasteiger partial charge in [-0.25, -0.2) is 4.98 Å². The molecule has 1 aliphatic rings. The fraction of sp³-hybridized carbons (Fsp3) is 0.412. The molecule has 25 heavy (non-hydrogen) atoms. The molecular weight excluding hydrogens is 344 g/mol. The number of carbonyl (C=O) groups is 1. The van der Waals surface area contributed by atoms with Gasteiger partial charge in [-0.1, -0.05) is 11.6 Å². The first kappa shape index (κ1) is 17.4. The van der Waals surface area contributed by atoms with Crippen molar-refractivity contribution in [3.63, 3.8) is 0 Å². The smallest absolute Gasteiger partial charge is 0.261 e. The van der Waals surface area contributed by atoms with Crippen LogP contribution in [0.2, 0.25) is 5.02 Å². The molecule has 7 nitrogen and oxygen atoms in total. The maximum absolute atomic E-state index is 12.4. The number of amides is 1. The summed E-state index contributed by atoms with van der Waals surface area (Å²) in [7, 11) is 0. The van der Waals surface area contributed by atoms with Crippen molar-refractivity contribution in [1.82, 2.24) is 20.3 Å². The van der Waals surface area contributed by atoms with Crippen LogP contribution in [0.3, 0.4) is 0 Å². The van der Waals surface area contributed by atoms with E-state index in [2.05, 4.69) is 20.3 Å². The second kappa shape index (κ2) is 6.48. The highest BCUT2D eigenvalue weighted by atomic mass is 35.5. The predicted molar refractivity (Wildman–Crippen MR) is 94.4 cm³/mol. The second-order valence-corrected chi connectivity index (χ2v) is 6.87. The van der Waals surface area contributed by atoms with E-state index in [0.29, 0.717) is 34.9 Å². The SMILES string of the molecule is Cc1nc(C2CC(NC(=O)c3c(C)c(Cl)c(C)[nH]c3=O)C2)cc(=O)[nH]1. The van der Waals surface area contributed by atoms with E-state index >= 15 is 0 Å². The third kappa shape index (κ3) is 3.37. The summed E-state index contributed by atoms with van der Waals surface area (Å²) in [4.78, 5) is 45.6. The number of halogens is 1. The number of aromatic nitrogens is 3. The molecule has 1 fully saturated rings. The van der Waals surface area contributed by atoms with E-state index in [-0.39, 0.29) is 23.1 Å². The van der Waals surface area contributed by atoms with Crippen LogP contribution in [0.25, 0.3) is 0 Å². The molecule has 0 saturated heterocycles. The number of hydrogen-bond donors (Lipinski definition) is 3. The van der Waals surface area contributed by atoms with Gasteiger partial charge < -0.3 is 15.3 Å². The zero-order chi connectivity index (χ0) is 18.3. The second-order valence-electron chi connectivity index (χ2n) is 6.49. The standard InChI is InChI=1S/C17H19ClN4O3/c1-7-14(16(24)19-8(2)15(7)18)17(25)22-11-4-10(5-11)12-6-13(23)21-9(3)20-12/h6,10-11H,4-5H2,1-3H3,(H,19,24)(H,22,25)(H,20,21,23). The quantitative estimate of drug-likeness (QED) is 0.772. The number of rotatable bonds is 3. The van der Waals surface area contributed by atoms with Gasteiger partial charge in [0.25, 0.3) is 17.0 Å². The minimum Gasteiger partial charge on any atom is -0.349 e. The van der Waals surface area contributed by atoms with Gasteiger partial charge in [-0.2, -0.15) is 0 Å². The van der Waals surface area contributed by atoms with Crippen LogP contribution in [-0.4, -0.2) is 26.9 Å². The number of nitrogens with zero attached hydrogens (tertiary/aromatic N) is 1. The van der Waals surface area contributed by atoms with Crippen molar-refractivity contribution in [2.75, 3.05) is 0 Å². The third-order valence-electron chi connectivity index (χ3n) is 4.56. The lowest BCUT2D eigenvalue weighted by Crippen LogP contribution is -2.45. The van der Waals surface area contributed by atoms with Gasteiger partial charge in [0.15, 0.2) is 0 Å². The number of H-pyrrole nitrogens is 2. The van der Waals surface area contributed by atoms with Crippen LogP contribution in [0.5, 0.6) is 0 Å². The molecule has 8 heteroatoms. The number of nitrogens with one attached hydrogen (secondary N) is 3. The van der Waals surface area contributed by atoms with Crippen molar-refractivity contribution in [1.29, 1.82) is 0 Å². The molecule has 0 spiro atoms. The maximum atomic E-state index is 12.4. The van der Waals surface area contributed by atoms with Crippen LogP contribution in [0.15, 0.2) is 15.7 Å². The summed E-state index contributed by atoms with van der Waals surface area (Å²) in [5, 5.41) is 3.25. The molecule has 2 heterocycles. The van der Waals surface area contributed by atoms with Gasteiger partial charge >= 0.3 is 0 Å². The lowest BCUT2D eigenvalue weighted by molar-refractivity contribution is 0.0906. The van der Waals surface area contributed by atoms with E-state index in [1.54, 1.807) is 20.8 Å². The molecule has 3 rings (SSSR count). The molecule has 0 atom stereocenters. The Labute approximate surface area is 148 Å². The highest BCUT2D eigenvalue weighted by Crippen LogP contribution is 2.35. The molecule has 1 amide bonds. The zero-order valence-electron chi connectivity index (χ0n) is 14.2. The molecule has 1 aliphatic carbocycles. The van der Waals surface area contributed by atoms with Crippen LogP contribution < -0.4 is 16.4 Å². The molecule has 1 saturated carbocycles. The molecule has 2 aromatic heterocycles. The van der Waals surface area contributed by atoms with E-state index in [1.165, 1.54) is 6.07 Å². The Morgan fingerprint density at radius 3 is 2.56 bits per heavy atom. The van der Waals surface area contributed by atoms with Crippen LogP contribution >= 0.6 is 11.6 Å². The fourth-order valence-corrected chi connectivity index (χ4v) is 3.31. The summed E-state index contributed by atoms with van der Waals surface area (Å²) < 4.78 is 0. The van der Waals surface area contributed by atoms with E-state index in [1.807, 2.05) is 0 Å². The topological polar surface area (TPSA) is 108 Å². The summed E-state index contributed by atoms with van der Waals surface area (Å²) >= 11 is 6.13. The Morgan fingerprint density at radius 1 is 1.24 bits per heavy atom. The van der Waals surface area contributed by atoms with Gasteiger partial charge in [-0.15, -0.1) is 0 Å². The normalized spacial score (nSPS) is 19.4. The molecule has 2 aromatic rings. The van der Waals surface area contributed by atoms with Crippen molar-refractivity contribution in [2.24, 2.45) is 0 Å². The van der Waals surface area contributed by atoms with Crippen LogP contribution in [-0.2, 0) is 0 Å². The lowest BCUT2D eigenvalue weighted by Gasteiger charge is -2.35. The Morgan fingerprint density at radius 2 is 1.92 bits per heavy atom. The van der Waals surface area contributed by atoms with E-state index in [4.69, 9.17) is 11.6 Å². The summed E-state index contributed by atoms with van der Waals surface area (Å²) in [6.07, 6.45) is 1.36. The number of carbonyl (C=O) groups excluding carboxylic acids is 1. The number of hydrogen-bond acceptors (Lipinski definition) is 4. The van der Waals surface area contributed by atoms with Gasteiger partial charge in [0.2, 0.25) is 0 Å². The van der Waals surface area contributed by atoms with E-state index in [9.17, 15) is 14.4 Å². The summed E-state index contributed by atoms with van der Waals surface area (Å²) in [5.74, 6) is 0.276. The lowest BCUT2D eigenvalue weighted by atomic mass is 9.78. The first-order chi connectivity index (χ1) is 11.8. The van der Waals surface area contributed by atoms with Crippen molar-refractivity contribution >= 4 is 17.5 Å². The number of pyridine rings is 1. The molecule has 0 aromatic carbocycles. The largest absolute Gasteiger partial charge is 0.349 e. The molecular formula is C17H19ClN4O3. The van der Waals surface area contributed by atoms with Crippen LogP contribution in [0.4, 0.5) is 0 Å². The minimum atomic E-state index is -0.445. The molecule has 0 bridgehead atoms. The molecule has 0 aliphatic heterocycles. The van der Waals surface area contributed by atoms with Gasteiger partial charge in [0.1, 0.15) is 11.4 Å². The van der Waals surface area contributed by atoms with E-state index < -0.39 is 11.5 Å². The van der Waals surface area contributed by atoms with Crippen molar-refractivity contribution < 1.29 is 4.79 Å². The Balaban J connectivity index is 1.70. The van der Waals surface area contributed by atoms with Gasteiger partial charge in [0, 0.05) is 23.7 Å². The monoisotopic (exact) mass is 362 g/mol. The van der Waals surface area contributed by atoms with Crippen molar-refractivity contribution in [2.45, 2.75) is 45.6 Å². The van der Waals surface area contributed by atoms with Gasteiger partial charge in [-0.05, 0) is 39.2 Å². The summed E-state index contributed by atoms with van der Waals surface area (Å²) in [6, 6.07) is 1.43. The first-order valence-corrected chi connectivity index (χ1v) is 8.41. The van der Waals surface area contributed by atoms with Crippen LogP contribution in [0, 0.1) is 20.8 Å². The highest BCUT2D eigenvalue weighted by molar-refractivity contribution is 6.32. The molecule has 0 radical (unpaired) electrons. The van der Waals surface area contributed by atoms with Gasteiger partial charge in [0.05, 0.1) is 10.7 Å². The maximum Gasteiger partial charge on any atom is 0.261 e. The molecule has 0 unspecified atom stereocenters. The Hall–Kier alpha value is -2.41.